The number of aromatic nitrogens is 4. The molecule has 0 radical (unpaired) electrons. The van der Waals surface area contributed by atoms with E-state index in [0.29, 0.717) is 19.0 Å². The summed E-state index contributed by atoms with van der Waals surface area (Å²) in [7, 11) is 1.63. The molecule has 23 heavy (non-hydrogen) atoms. The monoisotopic (exact) mass is 374 g/mol. The van der Waals surface area contributed by atoms with Gasteiger partial charge in [-0.1, -0.05) is 15.9 Å². The van der Waals surface area contributed by atoms with E-state index in [9.17, 15) is 0 Å². The van der Waals surface area contributed by atoms with E-state index in [1.54, 1.807) is 7.11 Å². The lowest BCUT2D eigenvalue weighted by atomic mass is 10.2. The molecule has 3 rings (SSSR count). The van der Waals surface area contributed by atoms with Gasteiger partial charge in [0.2, 0.25) is 5.82 Å². The van der Waals surface area contributed by atoms with Crippen molar-refractivity contribution in [3.63, 3.8) is 0 Å². The maximum absolute atomic E-state index is 5.65. The molecule has 118 valence electrons. The molecule has 0 saturated carbocycles. The molecule has 0 unspecified atom stereocenters. The predicted molar refractivity (Wildman–Crippen MR) is 89.4 cm³/mol. The number of hydrogen-bond donors (Lipinski definition) is 0. The summed E-state index contributed by atoms with van der Waals surface area (Å²) >= 11 is 3.40. The van der Waals surface area contributed by atoms with Crippen molar-refractivity contribution >= 4 is 15.9 Å². The summed E-state index contributed by atoms with van der Waals surface area (Å²) < 4.78 is 11.8. The van der Waals surface area contributed by atoms with Crippen molar-refractivity contribution < 1.29 is 9.47 Å². The van der Waals surface area contributed by atoms with Crippen LogP contribution in [0.3, 0.4) is 0 Å². The van der Waals surface area contributed by atoms with E-state index in [1.165, 1.54) is 4.80 Å². The van der Waals surface area contributed by atoms with E-state index in [-0.39, 0.29) is 0 Å². The smallest absolute Gasteiger partial charge is 0.204 e. The van der Waals surface area contributed by atoms with Crippen LogP contribution in [0.2, 0.25) is 0 Å². The minimum atomic E-state index is 0.461. The van der Waals surface area contributed by atoms with E-state index in [2.05, 4.69) is 31.3 Å². The number of ether oxygens (including phenoxy) is 2. The molecule has 7 heteroatoms. The second-order valence-electron chi connectivity index (χ2n) is 4.74. The Kier molecular flexibility index (Phi) is 4.87. The van der Waals surface area contributed by atoms with Crippen LogP contribution in [0.15, 0.2) is 53.0 Å². The summed E-state index contributed by atoms with van der Waals surface area (Å²) in [6.45, 7) is 0.984. The van der Waals surface area contributed by atoms with Crippen LogP contribution in [0.1, 0.15) is 0 Å². The summed E-state index contributed by atoms with van der Waals surface area (Å²) in [5.74, 6) is 2.18. The molecule has 2 aromatic carbocycles. The molecule has 0 spiro atoms. The van der Waals surface area contributed by atoms with Crippen molar-refractivity contribution in [3.8, 4) is 22.9 Å². The number of benzene rings is 2. The second-order valence-corrected chi connectivity index (χ2v) is 5.66. The Bertz CT molecular complexity index is 757. The van der Waals surface area contributed by atoms with Crippen molar-refractivity contribution in [2.45, 2.75) is 6.54 Å². The molecule has 0 aliphatic heterocycles. The van der Waals surface area contributed by atoms with Crippen LogP contribution in [-0.2, 0) is 6.54 Å². The van der Waals surface area contributed by atoms with E-state index in [4.69, 9.17) is 9.47 Å². The van der Waals surface area contributed by atoms with Crippen LogP contribution in [-0.4, -0.2) is 33.9 Å². The lowest BCUT2D eigenvalue weighted by molar-refractivity contribution is 0.280. The van der Waals surface area contributed by atoms with Gasteiger partial charge in [-0.2, -0.15) is 4.80 Å². The number of rotatable bonds is 6. The van der Waals surface area contributed by atoms with Gasteiger partial charge < -0.3 is 9.47 Å². The first-order valence-electron chi connectivity index (χ1n) is 7.05. The molecule has 1 aromatic heterocycles. The van der Waals surface area contributed by atoms with Gasteiger partial charge in [-0.25, -0.2) is 0 Å². The predicted octanol–water partition coefficient (Wildman–Crippen LogP) is 3.19. The number of methoxy groups -OCH3 is 1. The normalized spacial score (nSPS) is 10.5. The molecule has 0 aliphatic carbocycles. The van der Waals surface area contributed by atoms with Crippen molar-refractivity contribution in [2.75, 3.05) is 13.7 Å². The first-order chi connectivity index (χ1) is 11.2. The van der Waals surface area contributed by atoms with Gasteiger partial charge in [-0.3, -0.25) is 0 Å². The Morgan fingerprint density at radius 3 is 2.39 bits per heavy atom. The minimum absolute atomic E-state index is 0.461. The SMILES string of the molecule is COc1ccc(OCCn2nnc(-c3ccc(Br)cc3)n2)cc1. The summed E-state index contributed by atoms with van der Waals surface area (Å²) in [6, 6.07) is 15.2. The number of hydrogen-bond acceptors (Lipinski definition) is 5. The Morgan fingerprint density at radius 2 is 1.70 bits per heavy atom. The first-order valence-corrected chi connectivity index (χ1v) is 7.84. The van der Waals surface area contributed by atoms with Crippen molar-refractivity contribution in [2.24, 2.45) is 0 Å². The number of tetrazole rings is 1. The molecule has 0 amide bonds. The summed E-state index contributed by atoms with van der Waals surface area (Å²) in [6.07, 6.45) is 0. The minimum Gasteiger partial charge on any atom is -0.497 e. The third kappa shape index (κ3) is 4.07. The molecule has 0 aliphatic rings. The second kappa shape index (κ2) is 7.23. The van der Waals surface area contributed by atoms with Crippen molar-refractivity contribution in [1.29, 1.82) is 0 Å². The standard InChI is InChI=1S/C16H15BrN4O2/c1-22-14-6-8-15(9-7-14)23-11-10-21-19-16(18-20-21)12-2-4-13(17)5-3-12/h2-9H,10-11H2,1H3. The fourth-order valence-electron chi connectivity index (χ4n) is 1.97. The topological polar surface area (TPSA) is 62.1 Å². The molecule has 1 heterocycles. The first kappa shape index (κ1) is 15.5. The van der Waals surface area contributed by atoms with Crippen LogP contribution in [0.25, 0.3) is 11.4 Å². The molecule has 6 nitrogen and oxygen atoms in total. The molecule has 0 saturated heterocycles. The van der Waals surface area contributed by atoms with Crippen LogP contribution < -0.4 is 9.47 Å². The maximum Gasteiger partial charge on any atom is 0.204 e. The highest BCUT2D eigenvalue weighted by atomic mass is 79.9. The summed E-state index contributed by atoms with van der Waals surface area (Å²) in [5.41, 5.74) is 0.926. The van der Waals surface area contributed by atoms with Crippen LogP contribution in [0, 0.1) is 0 Å². The molecule has 0 atom stereocenters. The average Bonchev–Trinajstić information content (AvgIpc) is 3.05. The van der Waals surface area contributed by atoms with Gasteiger partial charge in [0.1, 0.15) is 18.1 Å². The highest BCUT2D eigenvalue weighted by Crippen LogP contribution is 2.18. The molecular formula is C16H15BrN4O2. The molecule has 0 fully saturated rings. The summed E-state index contributed by atoms with van der Waals surface area (Å²) in [5, 5.41) is 12.4. The van der Waals surface area contributed by atoms with Gasteiger partial charge in [-0.05, 0) is 53.7 Å². The van der Waals surface area contributed by atoms with E-state index >= 15 is 0 Å². The Labute approximate surface area is 142 Å². The Hall–Kier alpha value is -2.41. The van der Waals surface area contributed by atoms with E-state index in [1.807, 2.05) is 48.5 Å². The fourth-order valence-corrected chi connectivity index (χ4v) is 2.23. The Morgan fingerprint density at radius 1 is 1.00 bits per heavy atom. The third-order valence-electron chi connectivity index (χ3n) is 3.17. The van der Waals surface area contributed by atoms with Crippen LogP contribution in [0.4, 0.5) is 0 Å². The van der Waals surface area contributed by atoms with E-state index < -0.39 is 0 Å². The van der Waals surface area contributed by atoms with Gasteiger partial charge in [0.25, 0.3) is 0 Å². The lowest BCUT2D eigenvalue weighted by Crippen LogP contribution is -2.11. The highest BCUT2D eigenvalue weighted by Gasteiger charge is 2.06. The Balaban J connectivity index is 1.55. The largest absolute Gasteiger partial charge is 0.497 e. The maximum atomic E-state index is 5.65. The zero-order valence-corrected chi connectivity index (χ0v) is 14.1. The van der Waals surface area contributed by atoms with Crippen LogP contribution in [0.5, 0.6) is 11.5 Å². The number of halogens is 1. The molecule has 0 N–H and O–H groups in total. The van der Waals surface area contributed by atoms with Crippen molar-refractivity contribution in [3.05, 3.63) is 53.0 Å². The quantitative estimate of drug-likeness (QED) is 0.662. The van der Waals surface area contributed by atoms with Crippen molar-refractivity contribution in [1.82, 2.24) is 20.2 Å². The van der Waals surface area contributed by atoms with Crippen LogP contribution >= 0.6 is 15.9 Å². The zero-order chi connectivity index (χ0) is 16.1. The lowest BCUT2D eigenvalue weighted by Gasteiger charge is -2.06. The van der Waals surface area contributed by atoms with Gasteiger partial charge in [-0.15, -0.1) is 10.2 Å². The fraction of sp³-hybridized carbons (Fsp3) is 0.188. The zero-order valence-electron chi connectivity index (χ0n) is 12.5. The van der Waals surface area contributed by atoms with Gasteiger partial charge in [0, 0.05) is 10.0 Å². The van der Waals surface area contributed by atoms with Gasteiger partial charge in [0.15, 0.2) is 0 Å². The number of nitrogens with zero attached hydrogens (tertiary/aromatic N) is 4. The van der Waals surface area contributed by atoms with Gasteiger partial charge >= 0.3 is 0 Å². The third-order valence-corrected chi connectivity index (χ3v) is 3.70. The summed E-state index contributed by atoms with van der Waals surface area (Å²) in [4.78, 5) is 1.53. The molecular weight excluding hydrogens is 360 g/mol. The average molecular weight is 375 g/mol. The van der Waals surface area contributed by atoms with Gasteiger partial charge in [0.05, 0.1) is 13.7 Å². The highest BCUT2D eigenvalue weighted by molar-refractivity contribution is 9.10. The molecule has 3 aromatic rings. The van der Waals surface area contributed by atoms with E-state index in [0.717, 1.165) is 21.5 Å². The molecule has 0 bridgehead atoms.